The summed E-state index contributed by atoms with van der Waals surface area (Å²) in [4.78, 5) is 6.36. The fourth-order valence-electron chi connectivity index (χ4n) is 1.86. The Morgan fingerprint density at radius 3 is 3.15 bits per heavy atom. The minimum absolute atomic E-state index is 0.0417. The molecule has 1 aromatic heterocycles. The smallest absolute Gasteiger partial charge is 0.211 e. The van der Waals surface area contributed by atoms with Crippen molar-refractivity contribution in [3.8, 4) is 0 Å². The molecule has 0 aliphatic carbocycles. The number of rotatable bonds is 2. The molecule has 1 aliphatic rings. The quantitative estimate of drug-likeness (QED) is 0.727. The van der Waals surface area contributed by atoms with E-state index in [2.05, 4.69) is 16.9 Å². The number of hydrogen-bond donors (Lipinski definition) is 1. The molecule has 0 amide bonds. The first kappa shape index (κ1) is 8.72. The summed E-state index contributed by atoms with van der Waals surface area (Å²) in [6, 6.07) is -0.0417. The van der Waals surface area contributed by atoms with E-state index in [-0.39, 0.29) is 6.04 Å². The van der Waals surface area contributed by atoms with Gasteiger partial charge in [-0.2, -0.15) is 0 Å². The summed E-state index contributed by atoms with van der Waals surface area (Å²) in [7, 11) is 2.11. The van der Waals surface area contributed by atoms with Crippen molar-refractivity contribution in [2.75, 3.05) is 20.1 Å². The van der Waals surface area contributed by atoms with E-state index in [0.717, 1.165) is 19.5 Å². The molecular formula is C9H15N3O. The van der Waals surface area contributed by atoms with Gasteiger partial charge < -0.3 is 15.1 Å². The Morgan fingerprint density at radius 2 is 2.62 bits per heavy atom. The first-order valence-electron chi connectivity index (χ1n) is 4.61. The van der Waals surface area contributed by atoms with E-state index in [9.17, 15) is 0 Å². The Kier molecular flexibility index (Phi) is 2.33. The van der Waals surface area contributed by atoms with Gasteiger partial charge in [-0.05, 0) is 25.9 Å². The molecule has 72 valence electrons. The predicted molar refractivity (Wildman–Crippen MR) is 49.0 cm³/mol. The van der Waals surface area contributed by atoms with Gasteiger partial charge >= 0.3 is 0 Å². The van der Waals surface area contributed by atoms with Crippen molar-refractivity contribution >= 4 is 0 Å². The van der Waals surface area contributed by atoms with Crippen LogP contribution in [-0.4, -0.2) is 30.0 Å². The predicted octanol–water partition coefficient (Wildman–Crippen LogP) is 0.626. The lowest BCUT2D eigenvalue weighted by Crippen LogP contribution is -2.24. The highest BCUT2D eigenvalue weighted by atomic mass is 16.3. The zero-order chi connectivity index (χ0) is 9.26. The van der Waals surface area contributed by atoms with E-state index >= 15 is 0 Å². The lowest BCUT2D eigenvalue weighted by molar-refractivity contribution is 0.336. The van der Waals surface area contributed by atoms with Crippen molar-refractivity contribution in [2.24, 2.45) is 11.7 Å². The molecule has 1 saturated heterocycles. The second kappa shape index (κ2) is 3.47. The molecule has 0 spiro atoms. The van der Waals surface area contributed by atoms with Crippen molar-refractivity contribution in [3.05, 3.63) is 18.4 Å². The summed E-state index contributed by atoms with van der Waals surface area (Å²) >= 11 is 0. The molecule has 2 N–H and O–H groups in total. The van der Waals surface area contributed by atoms with E-state index in [1.165, 1.54) is 0 Å². The molecule has 1 aliphatic heterocycles. The maximum absolute atomic E-state index is 6.02. The van der Waals surface area contributed by atoms with Crippen LogP contribution >= 0.6 is 0 Å². The van der Waals surface area contributed by atoms with Gasteiger partial charge in [-0.25, -0.2) is 4.98 Å². The van der Waals surface area contributed by atoms with Crippen molar-refractivity contribution < 1.29 is 4.42 Å². The van der Waals surface area contributed by atoms with Gasteiger partial charge in [0.05, 0.1) is 12.2 Å². The van der Waals surface area contributed by atoms with Gasteiger partial charge in [-0.15, -0.1) is 0 Å². The molecule has 2 atom stereocenters. The molecule has 0 aromatic carbocycles. The minimum atomic E-state index is -0.0417. The van der Waals surface area contributed by atoms with Crippen LogP contribution in [0, 0.1) is 5.92 Å². The average Bonchev–Trinajstić information content (AvgIpc) is 2.72. The fourth-order valence-corrected chi connectivity index (χ4v) is 1.86. The summed E-state index contributed by atoms with van der Waals surface area (Å²) < 4.78 is 5.19. The van der Waals surface area contributed by atoms with Crippen LogP contribution in [0.1, 0.15) is 18.4 Å². The van der Waals surface area contributed by atoms with Crippen LogP contribution in [0.25, 0.3) is 0 Å². The largest absolute Gasteiger partial charge is 0.447 e. The maximum atomic E-state index is 6.02. The Morgan fingerprint density at radius 1 is 1.77 bits per heavy atom. The monoisotopic (exact) mass is 181 g/mol. The van der Waals surface area contributed by atoms with Crippen LogP contribution in [0.4, 0.5) is 0 Å². The number of oxazole rings is 1. The summed E-state index contributed by atoms with van der Waals surface area (Å²) in [5.41, 5.74) is 6.02. The van der Waals surface area contributed by atoms with Gasteiger partial charge in [0.2, 0.25) is 5.89 Å². The van der Waals surface area contributed by atoms with E-state index in [1.54, 1.807) is 12.5 Å². The molecule has 0 bridgehead atoms. The number of likely N-dealkylation sites (tertiary alicyclic amines) is 1. The molecule has 13 heavy (non-hydrogen) atoms. The van der Waals surface area contributed by atoms with E-state index < -0.39 is 0 Å². The van der Waals surface area contributed by atoms with Gasteiger partial charge in [0, 0.05) is 6.54 Å². The molecule has 2 rings (SSSR count). The molecule has 2 unspecified atom stereocenters. The summed E-state index contributed by atoms with van der Waals surface area (Å²) in [5.74, 6) is 1.16. The normalized spacial score (nSPS) is 26.5. The highest BCUT2D eigenvalue weighted by Gasteiger charge is 2.28. The second-order valence-electron chi connectivity index (χ2n) is 3.71. The first-order valence-corrected chi connectivity index (χ1v) is 4.61. The zero-order valence-electron chi connectivity index (χ0n) is 7.81. The molecule has 2 heterocycles. The SMILES string of the molecule is CN1CCC(C(N)c2ncco2)C1. The fraction of sp³-hybridized carbons (Fsp3) is 0.667. The number of hydrogen-bond acceptors (Lipinski definition) is 4. The summed E-state index contributed by atoms with van der Waals surface area (Å²) in [6.07, 6.45) is 4.36. The van der Waals surface area contributed by atoms with Crippen LogP contribution in [0.3, 0.4) is 0 Å². The Hall–Kier alpha value is -0.870. The molecule has 4 heteroatoms. The van der Waals surface area contributed by atoms with Crippen LogP contribution < -0.4 is 5.73 Å². The number of aromatic nitrogens is 1. The van der Waals surface area contributed by atoms with Gasteiger partial charge in [-0.1, -0.05) is 0 Å². The van der Waals surface area contributed by atoms with Crippen LogP contribution in [0.2, 0.25) is 0 Å². The van der Waals surface area contributed by atoms with Gasteiger partial charge in [0.1, 0.15) is 6.26 Å². The van der Waals surface area contributed by atoms with Gasteiger partial charge in [0.15, 0.2) is 0 Å². The lowest BCUT2D eigenvalue weighted by atomic mass is 10.00. The van der Waals surface area contributed by atoms with E-state index in [0.29, 0.717) is 11.8 Å². The molecular weight excluding hydrogens is 166 g/mol. The third kappa shape index (κ3) is 1.73. The number of nitrogens with zero attached hydrogens (tertiary/aromatic N) is 2. The highest BCUT2D eigenvalue weighted by Crippen LogP contribution is 2.26. The van der Waals surface area contributed by atoms with E-state index in [1.807, 2.05) is 0 Å². The van der Waals surface area contributed by atoms with Crippen LogP contribution in [0.5, 0.6) is 0 Å². The van der Waals surface area contributed by atoms with Crippen molar-refractivity contribution in [3.63, 3.8) is 0 Å². The summed E-state index contributed by atoms with van der Waals surface area (Å²) in [5, 5.41) is 0. The molecule has 0 saturated carbocycles. The summed E-state index contributed by atoms with van der Waals surface area (Å²) in [6.45, 7) is 2.17. The third-order valence-electron chi connectivity index (χ3n) is 2.67. The Bertz CT molecular complexity index is 260. The molecule has 0 radical (unpaired) electrons. The number of nitrogens with two attached hydrogens (primary N) is 1. The Balaban J connectivity index is 2.02. The molecule has 4 nitrogen and oxygen atoms in total. The van der Waals surface area contributed by atoms with Gasteiger partial charge in [0.25, 0.3) is 0 Å². The lowest BCUT2D eigenvalue weighted by Gasteiger charge is -2.15. The van der Waals surface area contributed by atoms with Crippen molar-refractivity contribution in [2.45, 2.75) is 12.5 Å². The minimum Gasteiger partial charge on any atom is -0.447 e. The third-order valence-corrected chi connectivity index (χ3v) is 2.67. The first-order chi connectivity index (χ1) is 6.27. The molecule has 1 fully saturated rings. The Labute approximate surface area is 77.7 Å². The zero-order valence-corrected chi connectivity index (χ0v) is 7.81. The second-order valence-corrected chi connectivity index (χ2v) is 3.71. The van der Waals surface area contributed by atoms with Gasteiger partial charge in [-0.3, -0.25) is 0 Å². The van der Waals surface area contributed by atoms with Crippen molar-refractivity contribution in [1.82, 2.24) is 9.88 Å². The van der Waals surface area contributed by atoms with E-state index in [4.69, 9.17) is 10.2 Å². The van der Waals surface area contributed by atoms with Crippen LogP contribution in [-0.2, 0) is 0 Å². The average molecular weight is 181 g/mol. The van der Waals surface area contributed by atoms with Crippen molar-refractivity contribution in [1.29, 1.82) is 0 Å². The maximum Gasteiger partial charge on any atom is 0.211 e. The highest BCUT2D eigenvalue weighted by molar-refractivity contribution is 4.94. The standard InChI is InChI=1S/C9H15N3O/c1-12-4-2-7(6-12)8(10)9-11-3-5-13-9/h3,5,7-8H,2,4,6,10H2,1H3. The van der Waals surface area contributed by atoms with Crippen LogP contribution in [0.15, 0.2) is 16.9 Å². The topological polar surface area (TPSA) is 55.3 Å². The molecule has 1 aromatic rings.